The van der Waals surface area contributed by atoms with Crippen molar-refractivity contribution in [2.75, 3.05) is 5.73 Å². The number of aromatic nitrogens is 2. The first-order chi connectivity index (χ1) is 7.16. The summed E-state index contributed by atoms with van der Waals surface area (Å²) in [4.78, 5) is 3.54. The van der Waals surface area contributed by atoms with E-state index >= 15 is 0 Å². The molecule has 0 atom stereocenters. The van der Waals surface area contributed by atoms with Crippen molar-refractivity contribution in [3.05, 3.63) is 30.2 Å². The van der Waals surface area contributed by atoms with Crippen molar-refractivity contribution in [3.63, 3.8) is 0 Å². The lowest BCUT2D eigenvalue weighted by Crippen LogP contribution is -1.86. The van der Waals surface area contributed by atoms with Crippen molar-refractivity contribution in [2.45, 2.75) is 6.43 Å². The number of halogens is 3. The fraction of sp³-hybridized carbons (Fsp3) is 0.111. The van der Waals surface area contributed by atoms with Crippen LogP contribution in [0.5, 0.6) is 0 Å². The number of hydrogen-bond acceptors (Lipinski definition) is 4. The van der Waals surface area contributed by atoms with Crippen molar-refractivity contribution in [3.8, 4) is 11.4 Å². The average Bonchev–Trinajstić information content (AvgIpc) is 2.68. The molecule has 1 aromatic carbocycles. The van der Waals surface area contributed by atoms with Crippen LogP contribution in [0.2, 0.25) is 0 Å². The molecule has 2 rings (SSSR count). The SMILES string of the molecule is Cl.Nc1ccc(-c2noc(C(F)F)n2)cc1. The summed E-state index contributed by atoms with van der Waals surface area (Å²) in [6.07, 6.45) is -2.75. The number of benzene rings is 1. The first-order valence-corrected chi connectivity index (χ1v) is 4.14. The van der Waals surface area contributed by atoms with Crippen molar-refractivity contribution < 1.29 is 13.3 Å². The van der Waals surface area contributed by atoms with E-state index in [2.05, 4.69) is 14.7 Å². The molecule has 4 nitrogen and oxygen atoms in total. The Labute approximate surface area is 95.9 Å². The van der Waals surface area contributed by atoms with E-state index in [1.54, 1.807) is 24.3 Å². The van der Waals surface area contributed by atoms with Gasteiger partial charge >= 0.3 is 6.43 Å². The van der Waals surface area contributed by atoms with Crippen LogP contribution in [0.25, 0.3) is 11.4 Å². The molecule has 0 radical (unpaired) electrons. The molecule has 1 heterocycles. The summed E-state index contributed by atoms with van der Waals surface area (Å²) < 4.78 is 28.7. The first kappa shape index (κ1) is 12.4. The molecular weight excluding hydrogens is 240 g/mol. The van der Waals surface area contributed by atoms with E-state index in [1.165, 1.54) is 0 Å². The van der Waals surface area contributed by atoms with Gasteiger partial charge < -0.3 is 10.3 Å². The van der Waals surface area contributed by atoms with Crippen LogP contribution in [0.1, 0.15) is 12.3 Å². The molecule has 7 heteroatoms. The molecule has 1 aromatic heterocycles. The van der Waals surface area contributed by atoms with E-state index < -0.39 is 12.3 Å². The van der Waals surface area contributed by atoms with Crippen molar-refractivity contribution in [2.24, 2.45) is 0 Å². The van der Waals surface area contributed by atoms with Gasteiger partial charge in [0.1, 0.15) is 0 Å². The summed E-state index contributed by atoms with van der Waals surface area (Å²) in [6, 6.07) is 6.53. The third-order valence-corrected chi connectivity index (χ3v) is 1.80. The Kier molecular flexibility index (Phi) is 3.78. The summed E-state index contributed by atoms with van der Waals surface area (Å²) in [5, 5.41) is 3.43. The highest BCUT2D eigenvalue weighted by Crippen LogP contribution is 2.21. The zero-order valence-corrected chi connectivity index (χ0v) is 8.75. The van der Waals surface area contributed by atoms with Crippen LogP contribution in [0.15, 0.2) is 28.8 Å². The second-order valence-electron chi connectivity index (χ2n) is 2.88. The molecule has 0 unspecified atom stereocenters. The molecule has 0 aliphatic rings. The highest BCUT2D eigenvalue weighted by atomic mass is 35.5. The van der Waals surface area contributed by atoms with E-state index in [-0.39, 0.29) is 18.2 Å². The summed E-state index contributed by atoms with van der Waals surface area (Å²) in [5.41, 5.74) is 6.64. The van der Waals surface area contributed by atoms with Crippen LogP contribution in [0.4, 0.5) is 14.5 Å². The standard InChI is InChI=1S/C9H7F2N3O.ClH/c10-7(11)9-13-8(14-15-9)5-1-3-6(12)4-2-5;/h1-4,7H,12H2;1H. The lowest BCUT2D eigenvalue weighted by atomic mass is 10.2. The Balaban J connectivity index is 0.00000128. The predicted molar refractivity (Wildman–Crippen MR) is 56.4 cm³/mol. The quantitative estimate of drug-likeness (QED) is 0.829. The Hall–Kier alpha value is -1.69. The molecular formula is C9H8ClF2N3O. The van der Waals surface area contributed by atoms with Crippen LogP contribution in [-0.4, -0.2) is 10.1 Å². The zero-order valence-electron chi connectivity index (χ0n) is 7.93. The smallest absolute Gasteiger partial charge is 0.315 e. The number of nitrogens with zero attached hydrogens (tertiary/aromatic N) is 2. The fourth-order valence-electron chi connectivity index (χ4n) is 1.07. The number of rotatable bonds is 2. The van der Waals surface area contributed by atoms with Crippen LogP contribution >= 0.6 is 12.4 Å². The third kappa shape index (κ3) is 2.46. The molecule has 86 valence electrons. The topological polar surface area (TPSA) is 64.9 Å². The Morgan fingerprint density at radius 2 is 1.81 bits per heavy atom. The van der Waals surface area contributed by atoms with Crippen molar-refractivity contribution in [1.82, 2.24) is 10.1 Å². The summed E-state index contributed by atoms with van der Waals surface area (Å²) in [6.45, 7) is 0. The molecule has 16 heavy (non-hydrogen) atoms. The first-order valence-electron chi connectivity index (χ1n) is 4.14. The van der Waals surface area contributed by atoms with Gasteiger partial charge in [-0.15, -0.1) is 12.4 Å². The van der Waals surface area contributed by atoms with Gasteiger partial charge in [-0.1, -0.05) is 5.16 Å². The fourth-order valence-corrected chi connectivity index (χ4v) is 1.07. The normalized spacial score (nSPS) is 10.2. The average molecular weight is 248 g/mol. The maximum Gasteiger partial charge on any atom is 0.315 e. The molecule has 0 bridgehead atoms. The minimum absolute atomic E-state index is 0. The van der Waals surface area contributed by atoms with E-state index in [0.717, 1.165) is 0 Å². The van der Waals surface area contributed by atoms with Gasteiger partial charge in [0.2, 0.25) is 5.82 Å². The second-order valence-corrected chi connectivity index (χ2v) is 2.88. The van der Waals surface area contributed by atoms with Gasteiger partial charge in [-0.25, -0.2) is 0 Å². The van der Waals surface area contributed by atoms with Crippen LogP contribution in [0.3, 0.4) is 0 Å². The Bertz CT molecular complexity index is 458. The van der Waals surface area contributed by atoms with Gasteiger partial charge in [0, 0.05) is 11.3 Å². The molecule has 2 N–H and O–H groups in total. The summed E-state index contributed by atoms with van der Waals surface area (Å²) >= 11 is 0. The van der Waals surface area contributed by atoms with E-state index in [4.69, 9.17) is 5.73 Å². The van der Waals surface area contributed by atoms with E-state index in [1.807, 2.05) is 0 Å². The van der Waals surface area contributed by atoms with Gasteiger partial charge in [0.15, 0.2) is 0 Å². The lowest BCUT2D eigenvalue weighted by molar-refractivity contribution is 0.106. The third-order valence-electron chi connectivity index (χ3n) is 1.80. The van der Waals surface area contributed by atoms with Crippen LogP contribution in [0, 0.1) is 0 Å². The second kappa shape index (κ2) is 4.89. The number of nitrogen functional groups attached to an aromatic ring is 1. The number of anilines is 1. The van der Waals surface area contributed by atoms with E-state index in [9.17, 15) is 8.78 Å². The van der Waals surface area contributed by atoms with Gasteiger partial charge in [0.25, 0.3) is 5.89 Å². The highest BCUT2D eigenvalue weighted by molar-refractivity contribution is 5.85. The molecule has 0 aliphatic heterocycles. The van der Waals surface area contributed by atoms with Crippen LogP contribution in [-0.2, 0) is 0 Å². The Morgan fingerprint density at radius 1 is 1.19 bits per heavy atom. The van der Waals surface area contributed by atoms with Crippen molar-refractivity contribution >= 4 is 18.1 Å². The number of nitrogens with two attached hydrogens (primary N) is 1. The minimum Gasteiger partial charge on any atom is -0.399 e. The van der Waals surface area contributed by atoms with Gasteiger partial charge in [-0.05, 0) is 24.3 Å². The van der Waals surface area contributed by atoms with E-state index in [0.29, 0.717) is 11.3 Å². The number of alkyl halides is 2. The van der Waals surface area contributed by atoms with Crippen LogP contribution < -0.4 is 5.73 Å². The molecule has 0 spiro atoms. The maximum atomic E-state index is 12.1. The summed E-state index contributed by atoms with van der Waals surface area (Å²) in [5.74, 6) is -0.549. The number of hydrogen-bond donors (Lipinski definition) is 1. The molecule has 0 saturated heterocycles. The van der Waals surface area contributed by atoms with Gasteiger partial charge in [0.05, 0.1) is 0 Å². The van der Waals surface area contributed by atoms with Gasteiger partial charge in [-0.2, -0.15) is 13.8 Å². The predicted octanol–water partition coefficient (Wildman–Crippen LogP) is 2.68. The van der Waals surface area contributed by atoms with Crippen molar-refractivity contribution in [1.29, 1.82) is 0 Å². The largest absolute Gasteiger partial charge is 0.399 e. The molecule has 0 fully saturated rings. The monoisotopic (exact) mass is 247 g/mol. The summed E-state index contributed by atoms with van der Waals surface area (Å²) in [7, 11) is 0. The minimum atomic E-state index is -2.75. The lowest BCUT2D eigenvalue weighted by Gasteiger charge is -1.94. The molecule has 2 aromatic rings. The molecule has 0 saturated carbocycles. The zero-order chi connectivity index (χ0) is 10.8. The molecule has 0 amide bonds. The molecule has 0 aliphatic carbocycles. The Morgan fingerprint density at radius 3 is 2.31 bits per heavy atom. The maximum absolute atomic E-state index is 12.1. The van der Waals surface area contributed by atoms with Gasteiger partial charge in [-0.3, -0.25) is 0 Å². The highest BCUT2D eigenvalue weighted by Gasteiger charge is 2.16.